The van der Waals surface area contributed by atoms with E-state index in [4.69, 9.17) is 0 Å². The van der Waals surface area contributed by atoms with Crippen LogP contribution in [-0.2, 0) is 17.8 Å². The Labute approximate surface area is 182 Å². The molecule has 0 unspecified atom stereocenters. The van der Waals surface area contributed by atoms with E-state index in [0.717, 1.165) is 37.5 Å². The summed E-state index contributed by atoms with van der Waals surface area (Å²) in [5.41, 5.74) is 2.05. The first-order valence-electron chi connectivity index (χ1n) is 11.1. The highest BCUT2D eigenvalue weighted by atomic mass is 16.3. The predicted octanol–water partition coefficient (Wildman–Crippen LogP) is 4.58. The van der Waals surface area contributed by atoms with E-state index in [0.29, 0.717) is 30.5 Å². The van der Waals surface area contributed by atoms with Crippen molar-refractivity contribution in [3.8, 4) is 0 Å². The molecule has 2 N–H and O–H groups in total. The number of hydrogen-bond donors (Lipinski definition) is 2. The van der Waals surface area contributed by atoms with Crippen LogP contribution in [0.1, 0.15) is 49.7 Å². The van der Waals surface area contributed by atoms with Crippen LogP contribution in [0.25, 0.3) is 10.8 Å². The molecule has 1 aliphatic carbocycles. The summed E-state index contributed by atoms with van der Waals surface area (Å²) in [5.74, 6) is -0.0727. The van der Waals surface area contributed by atoms with Gasteiger partial charge in [0.25, 0.3) is 5.56 Å². The number of carbonyl (C=O) groups excluding carboxylic acids is 1. The molecule has 4 rings (SSSR count). The molecular weight excluding hydrogens is 388 g/mol. The third-order valence-corrected chi connectivity index (χ3v) is 6.42. The highest BCUT2D eigenvalue weighted by Crippen LogP contribution is 2.29. The molecule has 3 aromatic rings. The average Bonchev–Trinajstić information content (AvgIpc) is 2.76. The maximum Gasteiger partial charge on any atom is 0.258 e. The number of rotatable bonds is 6. The Bertz CT molecular complexity index is 1140. The van der Waals surface area contributed by atoms with Gasteiger partial charge in [0.2, 0.25) is 5.91 Å². The largest absolute Gasteiger partial charge is 0.388 e. The van der Waals surface area contributed by atoms with Crippen molar-refractivity contribution in [1.82, 2.24) is 4.57 Å². The van der Waals surface area contributed by atoms with Crippen LogP contribution < -0.4 is 10.9 Å². The smallest absolute Gasteiger partial charge is 0.258 e. The van der Waals surface area contributed by atoms with Gasteiger partial charge >= 0.3 is 0 Å². The number of hydrogen-bond acceptors (Lipinski definition) is 3. The Kier molecular flexibility index (Phi) is 6.23. The summed E-state index contributed by atoms with van der Waals surface area (Å²) >= 11 is 0. The molecule has 0 spiro atoms. The predicted molar refractivity (Wildman–Crippen MR) is 124 cm³/mol. The number of amides is 1. The second-order valence-electron chi connectivity index (χ2n) is 8.78. The summed E-state index contributed by atoms with van der Waals surface area (Å²) < 4.78 is 1.61. The molecule has 0 bridgehead atoms. The normalized spacial score (nSPS) is 15.7. The molecule has 0 saturated heterocycles. The Morgan fingerprint density at radius 1 is 1.03 bits per heavy atom. The number of benzene rings is 2. The fourth-order valence-corrected chi connectivity index (χ4v) is 4.59. The Hall–Kier alpha value is -2.92. The van der Waals surface area contributed by atoms with Gasteiger partial charge in [-0.25, -0.2) is 0 Å². The van der Waals surface area contributed by atoms with Crippen molar-refractivity contribution in [3.63, 3.8) is 0 Å². The zero-order valence-electron chi connectivity index (χ0n) is 18.1. The van der Waals surface area contributed by atoms with Gasteiger partial charge in [-0.1, -0.05) is 49.6 Å². The monoisotopic (exact) mass is 418 g/mol. The van der Waals surface area contributed by atoms with Crippen molar-refractivity contribution < 1.29 is 9.90 Å². The van der Waals surface area contributed by atoms with Crippen molar-refractivity contribution in [1.29, 1.82) is 0 Å². The number of carbonyl (C=O) groups is 1. The standard InChI is InChI=1S/C26H30N2O3/c1-19-8-3-4-9-20(19)12-13-24(29)27-23-11-7-10-22-21(23)14-17-28(25(22)30)18-26(31)15-5-2-6-16-26/h3-4,7-11,14,17,31H,2,5-6,12-13,15-16,18H2,1H3,(H,27,29). The van der Waals surface area contributed by atoms with Crippen LogP contribution in [0.5, 0.6) is 0 Å². The molecular formula is C26H30N2O3. The minimum absolute atomic E-state index is 0.0727. The maximum atomic E-state index is 13.1. The SMILES string of the molecule is Cc1ccccc1CCC(=O)Nc1cccc2c(=O)n(CC3(O)CCCCC3)ccc12. The van der Waals surface area contributed by atoms with Crippen molar-refractivity contribution in [2.45, 2.75) is 64.0 Å². The fraction of sp³-hybridized carbons (Fsp3) is 0.385. The highest BCUT2D eigenvalue weighted by molar-refractivity contribution is 6.01. The molecule has 1 heterocycles. The van der Waals surface area contributed by atoms with Crippen molar-refractivity contribution in [3.05, 3.63) is 76.2 Å². The molecule has 1 amide bonds. The summed E-state index contributed by atoms with van der Waals surface area (Å²) in [4.78, 5) is 25.6. The minimum atomic E-state index is -0.808. The third-order valence-electron chi connectivity index (χ3n) is 6.42. The lowest BCUT2D eigenvalue weighted by molar-refractivity contribution is -0.116. The average molecular weight is 419 g/mol. The molecule has 5 nitrogen and oxygen atoms in total. The van der Waals surface area contributed by atoms with Gasteiger partial charge in [-0.2, -0.15) is 0 Å². The first kappa shape index (κ1) is 21.3. The van der Waals surface area contributed by atoms with E-state index in [9.17, 15) is 14.7 Å². The second-order valence-corrected chi connectivity index (χ2v) is 8.78. The molecule has 1 saturated carbocycles. The molecule has 2 aromatic carbocycles. The fourth-order valence-electron chi connectivity index (χ4n) is 4.59. The Morgan fingerprint density at radius 2 is 1.81 bits per heavy atom. The van der Waals surface area contributed by atoms with E-state index in [2.05, 4.69) is 5.32 Å². The summed E-state index contributed by atoms with van der Waals surface area (Å²) in [7, 11) is 0. The molecule has 5 heteroatoms. The highest BCUT2D eigenvalue weighted by Gasteiger charge is 2.30. The summed E-state index contributed by atoms with van der Waals surface area (Å²) in [6, 6.07) is 15.3. The van der Waals surface area contributed by atoms with Gasteiger partial charge in [0.1, 0.15) is 0 Å². The number of pyridine rings is 1. The minimum Gasteiger partial charge on any atom is -0.388 e. The zero-order chi connectivity index (χ0) is 21.8. The molecule has 0 atom stereocenters. The van der Waals surface area contributed by atoms with Crippen LogP contribution >= 0.6 is 0 Å². The molecule has 1 fully saturated rings. The van der Waals surface area contributed by atoms with Gasteiger partial charge in [-0.05, 0) is 55.5 Å². The van der Waals surface area contributed by atoms with Gasteiger partial charge in [0.15, 0.2) is 0 Å². The maximum absolute atomic E-state index is 13.1. The lowest BCUT2D eigenvalue weighted by atomic mass is 9.85. The number of anilines is 1. The molecule has 1 aromatic heterocycles. The molecule has 162 valence electrons. The molecule has 0 aliphatic heterocycles. The summed E-state index contributed by atoms with van der Waals surface area (Å²) in [6.45, 7) is 2.36. The summed E-state index contributed by atoms with van der Waals surface area (Å²) in [5, 5.41) is 15.1. The van der Waals surface area contributed by atoms with E-state index >= 15 is 0 Å². The Balaban J connectivity index is 1.51. The first-order valence-corrected chi connectivity index (χ1v) is 11.1. The number of aliphatic hydroxyl groups is 1. The van der Waals surface area contributed by atoms with Crippen LogP contribution in [0.15, 0.2) is 59.5 Å². The second kappa shape index (κ2) is 9.06. The van der Waals surface area contributed by atoms with E-state index in [1.54, 1.807) is 22.9 Å². The van der Waals surface area contributed by atoms with E-state index in [1.807, 2.05) is 43.3 Å². The lowest BCUT2D eigenvalue weighted by Gasteiger charge is -2.32. The first-order chi connectivity index (χ1) is 15.0. The van der Waals surface area contributed by atoms with Gasteiger partial charge in [0.05, 0.1) is 12.1 Å². The number of fused-ring (bicyclic) bond motifs is 1. The quantitative estimate of drug-likeness (QED) is 0.616. The van der Waals surface area contributed by atoms with Gasteiger partial charge in [0, 0.05) is 29.1 Å². The van der Waals surface area contributed by atoms with Crippen LogP contribution in [-0.4, -0.2) is 21.2 Å². The van der Waals surface area contributed by atoms with E-state index in [1.165, 1.54) is 11.1 Å². The number of aryl methyl sites for hydroxylation is 2. The van der Waals surface area contributed by atoms with Gasteiger partial charge in [-0.15, -0.1) is 0 Å². The summed E-state index contributed by atoms with van der Waals surface area (Å²) in [6.07, 6.45) is 7.39. The van der Waals surface area contributed by atoms with Gasteiger partial charge < -0.3 is 15.0 Å². The zero-order valence-corrected chi connectivity index (χ0v) is 18.1. The van der Waals surface area contributed by atoms with Crippen molar-refractivity contribution in [2.75, 3.05) is 5.32 Å². The van der Waals surface area contributed by atoms with Crippen LogP contribution in [0.2, 0.25) is 0 Å². The van der Waals surface area contributed by atoms with E-state index in [-0.39, 0.29) is 11.5 Å². The topological polar surface area (TPSA) is 71.3 Å². The number of nitrogens with zero attached hydrogens (tertiary/aromatic N) is 1. The van der Waals surface area contributed by atoms with Gasteiger partial charge in [-0.3, -0.25) is 9.59 Å². The number of nitrogens with one attached hydrogen (secondary N) is 1. The third kappa shape index (κ3) is 4.88. The molecule has 0 radical (unpaired) electrons. The molecule has 1 aliphatic rings. The van der Waals surface area contributed by atoms with Crippen LogP contribution in [0.3, 0.4) is 0 Å². The van der Waals surface area contributed by atoms with E-state index < -0.39 is 5.60 Å². The molecule has 31 heavy (non-hydrogen) atoms. The van der Waals surface area contributed by atoms with Crippen molar-refractivity contribution >= 4 is 22.4 Å². The van der Waals surface area contributed by atoms with Crippen molar-refractivity contribution in [2.24, 2.45) is 0 Å². The Morgan fingerprint density at radius 3 is 2.58 bits per heavy atom. The van der Waals surface area contributed by atoms with Crippen LogP contribution in [0, 0.1) is 6.92 Å². The number of aromatic nitrogens is 1. The van der Waals surface area contributed by atoms with Crippen LogP contribution in [0.4, 0.5) is 5.69 Å². The lowest BCUT2D eigenvalue weighted by Crippen LogP contribution is -2.39.